The van der Waals surface area contributed by atoms with E-state index in [0.717, 1.165) is 12.0 Å². The topological polar surface area (TPSA) is 63.5 Å². The summed E-state index contributed by atoms with van der Waals surface area (Å²) in [6.07, 6.45) is 1.85. The fraction of sp³-hybridized carbons (Fsp3) is 0.417. The molecule has 0 fully saturated rings. The SMILES string of the molecule is CCC(=O)N1CCCc2cc(Cl)cc([N+](=O)[O-])c21. The molecule has 0 unspecified atom stereocenters. The Morgan fingerprint density at radius 3 is 2.89 bits per heavy atom. The maximum Gasteiger partial charge on any atom is 0.294 e. The quantitative estimate of drug-likeness (QED) is 0.612. The van der Waals surface area contributed by atoms with Gasteiger partial charge in [0.2, 0.25) is 5.91 Å². The third-order valence-electron chi connectivity index (χ3n) is 3.03. The lowest BCUT2D eigenvalue weighted by molar-refractivity contribution is -0.384. The third kappa shape index (κ3) is 2.18. The van der Waals surface area contributed by atoms with E-state index in [2.05, 4.69) is 0 Å². The fourth-order valence-corrected chi connectivity index (χ4v) is 2.50. The molecule has 1 amide bonds. The molecular weight excluding hydrogens is 256 g/mol. The molecule has 1 aliphatic rings. The highest BCUT2D eigenvalue weighted by atomic mass is 35.5. The minimum atomic E-state index is -0.480. The molecule has 0 atom stereocenters. The van der Waals surface area contributed by atoms with Crippen LogP contribution in [0.4, 0.5) is 11.4 Å². The second-order valence-electron chi connectivity index (χ2n) is 4.19. The van der Waals surface area contributed by atoms with Gasteiger partial charge in [0.1, 0.15) is 5.69 Å². The Kier molecular flexibility index (Phi) is 3.52. The molecule has 1 aliphatic heterocycles. The molecule has 0 aliphatic carbocycles. The predicted molar refractivity (Wildman–Crippen MR) is 69.1 cm³/mol. The number of hydrogen-bond donors (Lipinski definition) is 0. The van der Waals surface area contributed by atoms with E-state index in [4.69, 9.17) is 11.6 Å². The Morgan fingerprint density at radius 2 is 2.28 bits per heavy atom. The van der Waals surface area contributed by atoms with Crippen molar-refractivity contribution in [1.82, 2.24) is 0 Å². The van der Waals surface area contributed by atoms with Crippen molar-refractivity contribution in [3.05, 3.63) is 32.8 Å². The number of aryl methyl sites for hydroxylation is 1. The minimum absolute atomic E-state index is 0.0843. The summed E-state index contributed by atoms with van der Waals surface area (Å²) >= 11 is 5.88. The monoisotopic (exact) mass is 268 g/mol. The standard InChI is InChI=1S/C12H13ClN2O3/c1-2-11(16)14-5-3-4-8-6-9(13)7-10(12(8)14)15(17)18/h6-7H,2-5H2,1H3. The van der Waals surface area contributed by atoms with Crippen molar-refractivity contribution in [3.63, 3.8) is 0 Å². The van der Waals surface area contributed by atoms with Crippen LogP contribution in [0.15, 0.2) is 12.1 Å². The number of halogens is 1. The number of rotatable bonds is 2. The van der Waals surface area contributed by atoms with Crippen LogP contribution in [-0.2, 0) is 11.2 Å². The van der Waals surface area contributed by atoms with Crippen LogP contribution in [0.3, 0.4) is 0 Å². The Balaban J connectivity index is 2.60. The Hall–Kier alpha value is -1.62. The number of nitro benzene ring substituents is 1. The molecule has 1 heterocycles. The molecule has 0 aromatic heterocycles. The molecule has 0 spiro atoms. The van der Waals surface area contributed by atoms with Gasteiger partial charge in [0, 0.05) is 24.1 Å². The zero-order valence-corrected chi connectivity index (χ0v) is 10.7. The van der Waals surface area contributed by atoms with E-state index in [1.807, 2.05) is 0 Å². The molecule has 0 saturated heterocycles. The molecule has 96 valence electrons. The van der Waals surface area contributed by atoms with Crippen molar-refractivity contribution in [3.8, 4) is 0 Å². The largest absolute Gasteiger partial charge is 0.306 e. The van der Waals surface area contributed by atoms with E-state index < -0.39 is 4.92 Å². The van der Waals surface area contributed by atoms with Gasteiger partial charge in [0.05, 0.1) is 4.92 Å². The number of carbonyl (C=O) groups is 1. The second kappa shape index (κ2) is 4.94. The van der Waals surface area contributed by atoms with Gasteiger partial charge in [-0.05, 0) is 24.5 Å². The number of anilines is 1. The van der Waals surface area contributed by atoms with Crippen LogP contribution in [0.25, 0.3) is 0 Å². The van der Waals surface area contributed by atoms with Crippen LogP contribution in [0, 0.1) is 10.1 Å². The van der Waals surface area contributed by atoms with E-state index in [0.29, 0.717) is 30.1 Å². The summed E-state index contributed by atoms with van der Waals surface area (Å²) in [6.45, 7) is 2.28. The van der Waals surface area contributed by atoms with Crippen molar-refractivity contribution < 1.29 is 9.72 Å². The first-order valence-corrected chi connectivity index (χ1v) is 6.19. The van der Waals surface area contributed by atoms with Crippen molar-refractivity contribution in [2.45, 2.75) is 26.2 Å². The Bertz CT molecular complexity index is 516. The molecule has 0 bridgehead atoms. The molecule has 2 rings (SSSR count). The number of fused-ring (bicyclic) bond motifs is 1. The zero-order valence-electron chi connectivity index (χ0n) is 9.98. The van der Waals surface area contributed by atoms with Gasteiger partial charge in [0.25, 0.3) is 5.69 Å². The zero-order chi connectivity index (χ0) is 13.3. The van der Waals surface area contributed by atoms with Gasteiger partial charge in [-0.1, -0.05) is 18.5 Å². The van der Waals surface area contributed by atoms with E-state index in [9.17, 15) is 14.9 Å². The number of nitro groups is 1. The lowest BCUT2D eigenvalue weighted by atomic mass is 10.00. The fourth-order valence-electron chi connectivity index (χ4n) is 2.26. The lowest BCUT2D eigenvalue weighted by Gasteiger charge is -2.28. The van der Waals surface area contributed by atoms with Crippen molar-refractivity contribution in [2.75, 3.05) is 11.4 Å². The highest BCUT2D eigenvalue weighted by molar-refractivity contribution is 6.31. The maximum atomic E-state index is 11.9. The van der Waals surface area contributed by atoms with Crippen LogP contribution in [0.2, 0.25) is 5.02 Å². The highest BCUT2D eigenvalue weighted by Crippen LogP contribution is 2.38. The average Bonchev–Trinajstić information content (AvgIpc) is 2.35. The number of carbonyl (C=O) groups excluding carboxylic acids is 1. The molecule has 1 aromatic rings. The van der Waals surface area contributed by atoms with Gasteiger partial charge in [-0.25, -0.2) is 0 Å². The summed E-state index contributed by atoms with van der Waals surface area (Å²) in [7, 11) is 0. The third-order valence-corrected chi connectivity index (χ3v) is 3.25. The van der Waals surface area contributed by atoms with Gasteiger partial charge in [-0.2, -0.15) is 0 Å². The second-order valence-corrected chi connectivity index (χ2v) is 4.63. The summed E-state index contributed by atoms with van der Waals surface area (Å²) in [5, 5.41) is 11.4. The van der Waals surface area contributed by atoms with Crippen molar-refractivity contribution in [2.24, 2.45) is 0 Å². The average molecular weight is 269 g/mol. The molecule has 1 aromatic carbocycles. The first-order valence-electron chi connectivity index (χ1n) is 5.81. The number of hydrogen-bond acceptors (Lipinski definition) is 3. The molecular formula is C12H13ClN2O3. The summed E-state index contributed by atoms with van der Waals surface area (Å²) in [4.78, 5) is 24.0. The van der Waals surface area contributed by atoms with Crippen molar-refractivity contribution in [1.29, 1.82) is 0 Å². The van der Waals surface area contributed by atoms with E-state index in [1.54, 1.807) is 13.0 Å². The van der Waals surface area contributed by atoms with E-state index in [1.165, 1.54) is 11.0 Å². The van der Waals surface area contributed by atoms with E-state index in [-0.39, 0.29) is 11.6 Å². The summed E-state index contributed by atoms with van der Waals surface area (Å²) in [5.41, 5.74) is 1.11. The van der Waals surface area contributed by atoms with Gasteiger partial charge >= 0.3 is 0 Å². The van der Waals surface area contributed by atoms with Gasteiger partial charge in [0.15, 0.2) is 0 Å². The van der Waals surface area contributed by atoms with Crippen LogP contribution in [0.1, 0.15) is 25.3 Å². The van der Waals surface area contributed by atoms with Gasteiger partial charge < -0.3 is 4.90 Å². The molecule has 0 N–H and O–H groups in total. The van der Waals surface area contributed by atoms with Crippen LogP contribution >= 0.6 is 11.6 Å². The molecule has 0 radical (unpaired) electrons. The highest BCUT2D eigenvalue weighted by Gasteiger charge is 2.30. The maximum absolute atomic E-state index is 11.9. The number of amides is 1. The number of nitrogens with zero attached hydrogens (tertiary/aromatic N) is 2. The molecule has 18 heavy (non-hydrogen) atoms. The predicted octanol–water partition coefficient (Wildman–Crippen LogP) is 2.94. The van der Waals surface area contributed by atoms with Gasteiger partial charge in [-0.15, -0.1) is 0 Å². The Morgan fingerprint density at radius 1 is 1.56 bits per heavy atom. The summed E-state index contributed by atoms with van der Waals surface area (Å²) < 4.78 is 0. The molecule has 6 heteroatoms. The van der Waals surface area contributed by atoms with Crippen LogP contribution in [-0.4, -0.2) is 17.4 Å². The van der Waals surface area contributed by atoms with E-state index >= 15 is 0 Å². The Labute approximate surface area is 109 Å². The van der Waals surface area contributed by atoms with Crippen molar-refractivity contribution >= 4 is 28.9 Å². The molecule has 0 saturated carbocycles. The minimum Gasteiger partial charge on any atom is -0.306 e. The normalized spacial score (nSPS) is 14.2. The van der Waals surface area contributed by atoms with Gasteiger partial charge in [-0.3, -0.25) is 14.9 Å². The van der Waals surface area contributed by atoms with Crippen LogP contribution < -0.4 is 4.90 Å². The number of benzene rings is 1. The lowest BCUT2D eigenvalue weighted by Crippen LogP contribution is -2.35. The molecule has 5 nitrogen and oxygen atoms in total. The van der Waals surface area contributed by atoms with Crippen LogP contribution in [0.5, 0.6) is 0 Å². The summed E-state index contributed by atoms with van der Waals surface area (Å²) in [6, 6.07) is 3.01. The smallest absolute Gasteiger partial charge is 0.294 e. The summed E-state index contributed by atoms with van der Waals surface area (Å²) in [5.74, 6) is -0.0960. The first-order chi connectivity index (χ1) is 8.54. The first kappa shape index (κ1) is 12.8.